The summed E-state index contributed by atoms with van der Waals surface area (Å²) < 4.78 is 5.09. The minimum absolute atomic E-state index is 0.0943. The topological polar surface area (TPSA) is 202 Å². The Morgan fingerprint density at radius 2 is 1.49 bits per heavy atom. The fourth-order valence-corrected chi connectivity index (χ4v) is 3.71. The third-order valence-electron chi connectivity index (χ3n) is 5.82. The van der Waals surface area contributed by atoms with Gasteiger partial charge in [-0.3, -0.25) is 14.4 Å². The van der Waals surface area contributed by atoms with Gasteiger partial charge in [0.2, 0.25) is 11.8 Å². The van der Waals surface area contributed by atoms with Crippen LogP contribution in [0.15, 0.2) is 58.8 Å². The average Bonchev–Trinajstić information content (AvgIpc) is 2.94. The maximum atomic E-state index is 12.3. The smallest absolute Gasteiger partial charge is 0.408 e. The Morgan fingerprint density at radius 1 is 0.884 bits per heavy atom. The molecule has 3 amide bonds. The standard InChI is InChI=1S/C30H40N6O7/c1-30(2,3)43-29(42)34-25(28(40)41)7-5-4-6-8-26(38)32-19-24(37)17-20-9-11-22(12-10-20)35-36-23-15-13-21(14-16-23)33-27(39)18-31/h9-16,25H,4-8,17-19,31H2,1-3H3,(H,32,38)(H,33,39)(H,34,42)(H,40,41)/t25-/m0/s1. The van der Waals surface area contributed by atoms with E-state index in [1.807, 2.05) is 0 Å². The number of anilines is 1. The van der Waals surface area contributed by atoms with Crippen molar-refractivity contribution in [3.8, 4) is 0 Å². The SMILES string of the molecule is CC(C)(C)OC(=O)N[C@@H](CCCCCC(=O)NCC(=O)Cc1ccc(N=Nc2ccc(NC(=O)CN)cc2)cc1)C(=O)O. The highest BCUT2D eigenvalue weighted by molar-refractivity contribution is 5.92. The van der Waals surface area contributed by atoms with E-state index in [2.05, 4.69) is 26.2 Å². The van der Waals surface area contributed by atoms with Crippen LogP contribution in [-0.2, 0) is 30.3 Å². The molecule has 6 N–H and O–H groups in total. The van der Waals surface area contributed by atoms with E-state index in [1.54, 1.807) is 69.3 Å². The van der Waals surface area contributed by atoms with Crippen molar-refractivity contribution >= 4 is 46.7 Å². The molecule has 13 nitrogen and oxygen atoms in total. The number of ether oxygens (including phenoxy) is 1. The second-order valence-corrected chi connectivity index (χ2v) is 10.8. The number of hydrogen-bond donors (Lipinski definition) is 5. The molecule has 232 valence electrons. The summed E-state index contributed by atoms with van der Waals surface area (Å²) in [4.78, 5) is 59.0. The average molecular weight is 597 g/mol. The fraction of sp³-hybridized carbons (Fsp3) is 0.433. The summed E-state index contributed by atoms with van der Waals surface area (Å²) in [6.07, 6.45) is 1.37. The highest BCUT2D eigenvalue weighted by Crippen LogP contribution is 2.21. The first-order valence-electron chi connectivity index (χ1n) is 14.0. The Bertz CT molecular complexity index is 1270. The second-order valence-electron chi connectivity index (χ2n) is 10.8. The lowest BCUT2D eigenvalue weighted by molar-refractivity contribution is -0.139. The molecule has 0 saturated carbocycles. The predicted molar refractivity (Wildman–Crippen MR) is 160 cm³/mol. The number of nitrogens with two attached hydrogens (primary N) is 1. The van der Waals surface area contributed by atoms with E-state index in [9.17, 15) is 29.1 Å². The number of carboxylic acids is 1. The van der Waals surface area contributed by atoms with Crippen LogP contribution in [0.2, 0.25) is 0 Å². The third kappa shape index (κ3) is 14.7. The number of nitrogens with one attached hydrogen (secondary N) is 3. The van der Waals surface area contributed by atoms with Gasteiger partial charge in [-0.25, -0.2) is 9.59 Å². The summed E-state index contributed by atoms with van der Waals surface area (Å²) in [6, 6.07) is 12.7. The molecule has 2 aromatic rings. The maximum Gasteiger partial charge on any atom is 0.408 e. The molecule has 0 aliphatic rings. The molecular weight excluding hydrogens is 556 g/mol. The van der Waals surface area contributed by atoms with Crippen LogP contribution in [-0.4, -0.2) is 59.5 Å². The van der Waals surface area contributed by atoms with Crippen molar-refractivity contribution < 1.29 is 33.8 Å². The molecule has 0 aromatic heterocycles. The van der Waals surface area contributed by atoms with Gasteiger partial charge in [-0.05, 0) is 75.6 Å². The maximum absolute atomic E-state index is 12.3. The van der Waals surface area contributed by atoms with Crippen LogP contribution in [0.1, 0.15) is 58.4 Å². The van der Waals surface area contributed by atoms with Crippen molar-refractivity contribution in [3.63, 3.8) is 0 Å². The predicted octanol–water partition coefficient (Wildman–Crippen LogP) is 4.16. The summed E-state index contributed by atoms with van der Waals surface area (Å²) in [5.41, 5.74) is 7.12. The number of alkyl carbamates (subject to hydrolysis) is 1. The molecule has 2 aromatic carbocycles. The lowest BCUT2D eigenvalue weighted by Crippen LogP contribution is -2.43. The normalized spacial score (nSPS) is 11.9. The second kappa shape index (κ2) is 17.3. The zero-order valence-corrected chi connectivity index (χ0v) is 24.7. The lowest BCUT2D eigenvalue weighted by Gasteiger charge is -2.22. The van der Waals surface area contributed by atoms with Gasteiger partial charge >= 0.3 is 12.1 Å². The van der Waals surface area contributed by atoms with Gasteiger partial charge in [0.25, 0.3) is 0 Å². The quantitative estimate of drug-likeness (QED) is 0.140. The molecule has 0 aliphatic carbocycles. The number of rotatable bonds is 16. The first kappa shape index (κ1) is 34.6. The molecule has 0 fully saturated rings. The third-order valence-corrected chi connectivity index (χ3v) is 5.82. The molecule has 0 spiro atoms. The van der Waals surface area contributed by atoms with Crippen molar-refractivity contribution in [2.45, 2.75) is 70.9 Å². The Morgan fingerprint density at radius 3 is 2.05 bits per heavy atom. The number of nitrogens with zero attached hydrogens (tertiary/aromatic N) is 2. The van der Waals surface area contributed by atoms with Crippen LogP contribution >= 0.6 is 0 Å². The number of azo groups is 1. The van der Waals surface area contributed by atoms with Crippen LogP contribution in [0.4, 0.5) is 21.9 Å². The number of carboxylic acid groups (broad SMARTS) is 1. The van der Waals surface area contributed by atoms with Crippen molar-refractivity contribution in [1.29, 1.82) is 0 Å². The van der Waals surface area contributed by atoms with E-state index in [1.165, 1.54) is 0 Å². The van der Waals surface area contributed by atoms with Gasteiger partial charge in [0, 0.05) is 18.5 Å². The summed E-state index contributed by atoms with van der Waals surface area (Å²) in [5.74, 6) is -1.86. The van der Waals surface area contributed by atoms with Crippen LogP contribution in [0, 0.1) is 0 Å². The van der Waals surface area contributed by atoms with E-state index >= 15 is 0 Å². The van der Waals surface area contributed by atoms with Gasteiger partial charge in [0.1, 0.15) is 11.6 Å². The molecule has 2 rings (SSSR count). The van der Waals surface area contributed by atoms with Gasteiger partial charge in [-0.2, -0.15) is 10.2 Å². The van der Waals surface area contributed by atoms with Gasteiger partial charge in [0.15, 0.2) is 5.78 Å². The largest absolute Gasteiger partial charge is 0.480 e. The zero-order chi connectivity index (χ0) is 31.8. The highest BCUT2D eigenvalue weighted by Gasteiger charge is 2.23. The van der Waals surface area contributed by atoms with E-state index < -0.39 is 23.7 Å². The van der Waals surface area contributed by atoms with Crippen molar-refractivity contribution in [2.75, 3.05) is 18.4 Å². The fourth-order valence-electron chi connectivity index (χ4n) is 3.71. The van der Waals surface area contributed by atoms with E-state index in [-0.39, 0.29) is 49.9 Å². The Balaban J connectivity index is 1.66. The number of hydrogen-bond acceptors (Lipinski definition) is 9. The van der Waals surface area contributed by atoms with Crippen molar-refractivity contribution in [3.05, 3.63) is 54.1 Å². The van der Waals surface area contributed by atoms with Crippen LogP contribution < -0.4 is 21.7 Å². The monoisotopic (exact) mass is 596 g/mol. The molecule has 0 heterocycles. The molecule has 43 heavy (non-hydrogen) atoms. The van der Waals surface area contributed by atoms with Crippen LogP contribution in [0.3, 0.4) is 0 Å². The van der Waals surface area contributed by atoms with Gasteiger partial charge in [-0.15, -0.1) is 0 Å². The summed E-state index contributed by atoms with van der Waals surface area (Å²) >= 11 is 0. The first-order chi connectivity index (χ1) is 20.3. The number of ketones is 1. The minimum atomic E-state index is -1.15. The van der Waals surface area contributed by atoms with Gasteiger partial charge in [0.05, 0.1) is 24.5 Å². The molecule has 0 aliphatic heterocycles. The molecule has 0 radical (unpaired) electrons. The van der Waals surface area contributed by atoms with Crippen LogP contribution in [0.5, 0.6) is 0 Å². The van der Waals surface area contributed by atoms with Crippen molar-refractivity contribution in [2.24, 2.45) is 16.0 Å². The number of carbonyl (C=O) groups is 5. The number of Topliss-reactive ketones (excluding diaryl/α,β-unsaturated/α-hetero) is 1. The molecular formula is C30H40N6O7. The van der Waals surface area contributed by atoms with E-state index in [4.69, 9.17) is 10.5 Å². The number of unbranched alkanes of at least 4 members (excludes halogenated alkanes) is 2. The number of benzene rings is 2. The molecule has 0 bridgehead atoms. The summed E-state index contributed by atoms with van der Waals surface area (Å²) in [6.45, 7) is 4.87. The van der Waals surface area contributed by atoms with E-state index in [0.29, 0.717) is 36.3 Å². The number of aliphatic carboxylic acids is 1. The van der Waals surface area contributed by atoms with Gasteiger partial charge in [-0.1, -0.05) is 25.0 Å². The first-order valence-corrected chi connectivity index (χ1v) is 14.0. The Kier molecular flexibility index (Phi) is 13.9. The van der Waals surface area contributed by atoms with Crippen molar-refractivity contribution in [1.82, 2.24) is 10.6 Å². The Hall–Kier alpha value is -4.65. The number of amides is 3. The van der Waals surface area contributed by atoms with Gasteiger partial charge < -0.3 is 31.5 Å². The summed E-state index contributed by atoms with van der Waals surface area (Å²) in [5, 5.41) is 25.3. The minimum Gasteiger partial charge on any atom is -0.480 e. The van der Waals surface area contributed by atoms with E-state index in [0.717, 1.165) is 5.56 Å². The number of carbonyl (C=O) groups excluding carboxylic acids is 4. The highest BCUT2D eigenvalue weighted by atomic mass is 16.6. The zero-order valence-electron chi connectivity index (χ0n) is 24.7. The lowest BCUT2D eigenvalue weighted by atomic mass is 10.1. The summed E-state index contributed by atoms with van der Waals surface area (Å²) in [7, 11) is 0. The molecule has 0 saturated heterocycles. The molecule has 13 heteroatoms. The molecule has 0 unspecified atom stereocenters. The Labute approximate surface area is 250 Å². The van der Waals surface area contributed by atoms with Crippen LogP contribution in [0.25, 0.3) is 0 Å². The molecule has 1 atom stereocenters.